The molecule has 0 unspecified atom stereocenters. The SMILES string of the molecule is CC[C@@H](Oc1ccccc1C)C(=O)Nc1ccc(S(=O)(=O)Nc2ccccn2)cc1. The standard InChI is InChI=1S/C22H23N3O4S/c1-3-19(29-20-9-5-4-8-16(20)2)22(26)24-17-11-13-18(14-12-17)30(27,28)25-21-10-6-7-15-23-21/h4-15,19H,3H2,1-2H3,(H,23,25)(H,24,26)/t19-/m1/s1. The predicted octanol–water partition coefficient (Wildman–Crippen LogP) is 3.99. The Morgan fingerprint density at radius 2 is 1.73 bits per heavy atom. The number of hydrogen-bond donors (Lipinski definition) is 2. The zero-order valence-corrected chi connectivity index (χ0v) is 17.5. The molecule has 0 bridgehead atoms. The van der Waals surface area contributed by atoms with Crippen LogP contribution < -0.4 is 14.8 Å². The minimum atomic E-state index is -3.77. The average molecular weight is 426 g/mol. The number of amides is 1. The van der Waals surface area contributed by atoms with E-state index >= 15 is 0 Å². The number of nitrogens with one attached hydrogen (secondary N) is 2. The molecule has 2 aromatic carbocycles. The maximum atomic E-state index is 12.6. The summed E-state index contributed by atoms with van der Waals surface area (Å²) in [6, 6.07) is 18.3. The van der Waals surface area contributed by atoms with Gasteiger partial charge in [0.15, 0.2) is 6.10 Å². The molecule has 0 fully saturated rings. The molecular formula is C22H23N3O4S. The summed E-state index contributed by atoms with van der Waals surface area (Å²) >= 11 is 0. The minimum absolute atomic E-state index is 0.0642. The molecule has 3 rings (SSSR count). The van der Waals surface area contributed by atoms with Crippen LogP contribution in [0.25, 0.3) is 0 Å². The Labute approximate surface area is 176 Å². The number of pyridine rings is 1. The molecule has 156 valence electrons. The van der Waals surface area contributed by atoms with Crippen molar-refractivity contribution in [3.8, 4) is 5.75 Å². The van der Waals surface area contributed by atoms with Gasteiger partial charge in [-0.05, 0) is 61.4 Å². The van der Waals surface area contributed by atoms with E-state index in [4.69, 9.17) is 4.74 Å². The first kappa shape index (κ1) is 21.3. The summed E-state index contributed by atoms with van der Waals surface area (Å²) < 4.78 is 33.2. The number of carbonyl (C=O) groups is 1. The normalized spacial score (nSPS) is 12.1. The Morgan fingerprint density at radius 3 is 2.37 bits per heavy atom. The molecule has 8 heteroatoms. The van der Waals surface area contributed by atoms with Gasteiger partial charge in [0, 0.05) is 11.9 Å². The van der Waals surface area contributed by atoms with E-state index in [0.29, 0.717) is 17.9 Å². The van der Waals surface area contributed by atoms with Crippen molar-refractivity contribution in [3.63, 3.8) is 0 Å². The van der Waals surface area contributed by atoms with Gasteiger partial charge in [0.2, 0.25) is 0 Å². The highest BCUT2D eigenvalue weighted by Crippen LogP contribution is 2.21. The molecule has 1 heterocycles. The van der Waals surface area contributed by atoms with Crippen LogP contribution >= 0.6 is 0 Å². The summed E-state index contributed by atoms with van der Waals surface area (Å²) in [7, 11) is -3.77. The number of aryl methyl sites for hydroxylation is 1. The van der Waals surface area contributed by atoms with Crippen LogP contribution in [0.4, 0.5) is 11.5 Å². The Hall–Kier alpha value is -3.39. The number of sulfonamides is 1. The third kappa shape index (κ3) is 5.36. The van der Waals surface area contributed by atoms with Crippen LogP contribution in [0.3, 0.4) is 0 Å². The quantitative estimate of drug-likeness (QED) is 0.569. The number of carbonyl (C=O) groups excluding carboxylic acids is 1. The van der Waals surface area contributed by atoms with Gasteiger partial charge >= 0.3 is 0 Å². The average Bonchev–Trinajstić information content (AvgIpc) is 2.74. The number of aromatic nitrogens is 1. The third-order valence-electron chi connectivity index (χ3n) is 4.36. The van der Waals surface area contributed by atoms with E-state index in [2.05, 4.69) is 15.0 Å². The molecule has 0 aliphatic heterocycles. The number of hydrogen-bond acceptors (Lipinski definition) is 5. The largest absolute Gasteiger partial charge is 0.480 e. The number of ether oxygens (including phenoxy) is 1. The van der Waals surface area contributed by atoms with Gasteiger partial charge in [-0.1, -0.05) is 31.2 Å². The lowest BCUT2D eigenvalue weighted by Gasteiger charge is -2.18. The second-order valence-corrected chi connectivity index (χ2v) is 8.30. The number of rotatable bonds is 8. The van der Waals surface area contributed by atoms with Crippen molar-refractivity contribution < 1.29 is 17.9 Å². The maximum Gasteiger partial charge on any atom is 0.265 e. The van der Waals surface area contributed by atoms with Crippen LogP contribution in [0.15, 0.2) is 77.8 Å². The minimum Gasteiger partial charge on any atom is -0.480 e. The lowest BCUT2D eigenvalue weighted by molar-refractivity contribution is -0.122. The molecule has 0 saturated carbocycles. The van der Waals surface area contributed by atoms with Gasteiger partial charge < -0.3 is 10.1 Å². The van der Waals surface area contributed by atoms with Gasteiger partial charge in [-0.2, -0.15) is 0 Å². The first-order valence-corrected chi connectivity index (χ1v) is 10.9. The summed E-state index contributed by atoms with van der Waals surface area (Å²) in [6.45, 7) is 3.78. The number of nitrogens with zero attached hydrogens (tertiary/aromatic N) is 1. The lowest BCUT2D eigenvalue weighted by atomic mass is 10.2. The van der Waals surface area contributed by atoms with Gasteiger partial charge in [-0.15, -0.1) is 0 Å². The van der Waals surface area contributed by atoms with E-state index in [1.54, 1.807) is 18.2 Å². The van der Waals surface area contributed by atoms with Crippen LogP contribution in [0.1, 0.15) is 18.9 Å². The van der Waals surface area contributed by atoms with Crippen molar-refractivity contribution in [2.45, 2.75) is 31.3 Å². The van der Waals surface area contributed by atoms with E-state index in [-0.39, 0.29) is 16.6 Å². The Morgan fingerprint density at radius 1 is 1.03 bits per heavy atom. The number of anilines is 2. The predicted molar refractivity (Wildman–Crippen MR) is 116 cm³/mol. The molecule has 0 spiro atoms. The topological polar surface area (TPSA) is 97.4 Å². The van der Waals surface area contributed by atoms with Crippen molar-refractivity contribution in [1.29, 1.82) is 0 Å². The molecule has 3 aromatic rings. The summed E-state index contributed by atoms with van der Waals surface area (Å²) in [5.41, 5.74) is 1.42. The fourth-order valence-corrected chi connectivity index (χ4v) is 3.73. The Balaban J connectivity index is 1.67. The van der Waals surface area contributed by atoms with Crippen LogP contribution in [0, 0.1) is 6.92 Å². The van der Waals surface area contributed by atoms with Crippen molar-refractivity contribution >= 4 is 27.4 Å². The molecule has 0 saturated heterocycles. The molecule has 1 aromatic heterocycles. The first-order valence-electron chi connectivity index (χ1n) is 9.46. The highest BCUT2D eigenvalue weighted by Gasteiger charge is 2.20. The summed E-state index contributed by atoms with van der Waals surface area (Å²) in [4.78, 5) is 16.6. The fraction of sp³-hybridized carbons (Fsp3) is 0.182. The third-order valence-corrected chi connectivity index (χ3v) is 5.73. The van der Waals surface area contributed by atoms with Crippen molar-refractivity contribution in [1.82, 2.24) is 4.98 Å². The molecule has 30 heavy (non-hydrogen) atoms. The summed E-state index contributed by atoms with van der Waals surface area (Å²) in [5.74, 6) is 0.582. The van der Waals surface area contributed by atoms with Crippen molar-refractivity contribution in [2.75, 3.05) is 10.0 Å². The molecule has 0 radical (unpaired) electrons. The van der Waals surface area contributed by atoms with E-state index < -0.39 is 16.1 Å². The lowest BCUT2D eigenvalue weighted by Crippen LogP contribution is -2.32. The second-order valence-electron chi connectivity index (χ2n) is 6.61. The van der Waals surface area contributed by atoms with E-state index in [9.17, 15) is 13.2 Å². The summed E-state index contributed by atoms with van der Waals surface area (Å²) in [5, 5.41) is 2.77. The molecule has 1 atom stereocenters. The van der Waals surface area contributed by atoms with Gasteiger partial charge in [-0.25, -0.2) is 13.4 Å². The van der Waals surface area contributed by atoms with Crippen LogP contribution in [0.2, 0.25) is 0 Å². The molecule has 0 aliphatic rings. The van der Waals surface area contributed by atoms with E-state index in [1.807, 2.05) is 38.1 Å². The smallest absolute Gasteiger partial charge is 0.265 e. The van der Waals surface area contributed by atoms with Gasteiger partial charge in [0.25, 0.3) is 15.9 Å². The molecule has 0 aliphatic carbocycles. The Kier molecular flexibility index (Phi) is 6.68. The van der Waals surface area contributed by atoms with Crippen LogP contribution in [-0.2, 0) is 14.8 Å². The number of para-hydroxylation sites is 1. The maximum absolute atomic E-state index is 12.6. The van der Waals surface area contributed by atoms with Gasteiger partial charge in [0.1, 0.15) is 11.6 Å². The first-order chi connectivity index (χ1) is 14.4. The zero-order chi connectivity index (χ0) is 21.6. The van der Waals surface area contributed by atoms with E-state index in [0.717, 1.165) is 5.56 Å². The molecule has 2 N–H and O–H groups in total. The molecule has 7 nitrogen and oxygen atoms in total. The van der Waals surface area contributed by atoms with Crippen molar-refractivity contribution in [2.24, 2.45) is 0 Å². The highest BCUT2D eigenvalue weighted by atomic mass is 32.2. The Bertz CT molecular complexity index is 1100. The van der Waals surface area contributed by atoms with E-state index in [1.165, 1.54) is 30.5 Å². The van der Waals surface area contributed by atoms with Gasteiger partial charge in [0.05, 0.1) is 4.90 Å². The fourth-order valence-electron chi connectivity index (χ4n) is 2.72. The second kappa shape index (κ2) is 9.41. The molecular weight excluding hydrogens is 402 g/mol. The van der Waals surface area contributed by atoms with Crippen LogP contribution in [-0.4, -0.2) is 25.4 Å². The number of benzene rings is 2. The summed E-state index contributed by atoms with van der Waals surface area (Å²) in [6.07, 6.45) is 1.32. The van der Waals surface area contributed by atoms with Crippen molar-refractivity contribution in [3.05, 3.63) is 78.5 Å². The van der Waals surface area contributed by atoms with Gasteiger partial charge in [-0.3, -0.25) is 9.52 Å². The monoisotopic (exact) mass is 425 g/mol. The van der Waals surface area contributed by atoms with Crippen LogP contribution in [0.5, 0.6) is 5.75 Å². The highest BCUT2D eigenvalue weighted by molar-refractivity contribution is 7.92. The molecule has 1 amide bonds. The zero-order valence-electron chi connectivity index (χ0n) is 16.7.